The molecule has 84 valence electrons. The average Bonchev–Trinajstić information content (AvgIpc) is 2.81. The molecule has 0 amide bonds. The molecule has 17 heavy (non-hydrogen) atoms. The Morgan fingerprint density at radius 1 is 1.12 bits per heavy atom. The molecule has 3 rings (SSSR count). The van der Waals surface area contributed by atoms with Gasteiger partial charge in [0.05, 0.1) is 28.1 Å². The summed E-state index contributed by atoms with van der Waals surface area (Å²) in [4.78, 5) is 11.8. The standard InChI is InChI=1S/C13H10ClN3/c1-8-6-17-12(7-16-8)9-2-3-11(14)13-10(9)4-5-15-13/h2-7,15H,1H3. The second-order valence-electron chi connectivity index (χ2n) is 3.90. The molecule has 4 heteroatoms. The van der Waals surface area contributed by atoms with Crippen molar-refractivity contribution in [2.45, 2.75) is 6.92 Å². The van der Waals surface area contributed by atoms with Gasteiger partial charge in [0, 0.05) is 23.3 Å². The van der Waals surface area contributed by atoms with Gasteiger partial charge in [0.25, 0.3) is 0 Å². The lowest BCUT2D eigenvalue weighted by Gasteiger charge is -2.04. The van der Waals surface area contributed by atoms with Gasteiger partial charge in [-0.15, -0.1) is 0 Å². The van der Waals surface area contributed by atoms with Gasteiger partial charge in [0.15, 0.2) is 0 Å². The number of H-pyrrole nitrogens is 1. The number of hydrogen-bond acceptors (Lipinski definition) is 2. The topological polar surface area (TPSA) is 41.6 Å². The van der Waals surface area contributed by atoms with Crippen molar-refractivity contribution in [1.29, 1.82) is 0 Å². The van der Waals surface area contributed by atoms with Crippen molar-refractivity contribution in [3.8, 4) is 11.3 Å². The maximum Gasteiger partial charge on any atom is 0.0892 e. The molecule has 0 saturated heterocycles. The van der Waals surface area contributed by atoms with Gasteiger partial charge in [0.2, 0.25) is 0 Å². The number of nitrogens with zero attached hydrogens (tertiary/aromatic N) is 2. The molecule has 0 fully saturated rings. The maximum atomic E-state index is 6.12. The van der Waals surface area contributed by atoms with Gasteiger partial charge in [0.1, 0.15) is 0 Å². The van der Waals surface area contributed by atoms with Crippen molar-refractivity contribution in [2.75, 3.05) is 0 Å². The third kappa shape index (κ3) is 1.68. The molecule has 0 atom stereocenters. The quantitative estimate of drug-likeness (QED) is 0.710. The van der Waals surface area contributed by atoms with E-state index < -0.39 is 0 Å². The van der Waals surface area contributed by atoms with Crippen LogP contribution in [0.25, 0.3) is 22.2 Å². The average molecular weight is 244 g/mol. The number of nitrogens with one attached hydrogen (secondary N) is 1. The van der Waals surface area contributed by atoms with E-state index in [1.54, 1.807) is 12.4 Å². The van der Waals surface area contributed by atoms with E-state index in [-0.39, 0.29) is 0 Å². The summed E-state index contributed by atoms with van der Waals surface area (Å²) in [5, 5.41) is 1.78. The summed E-state index contributed by atoms with van der Waals surface area (Å²) < 4.78 is 0. The number of aromatic nitrogens is 3. The number of rotatable bonds is 1. The molecule has 0 spiro atoms. The minimum absolute atomic E-state index is 0.717. The Kier molecular flexibility index (Phi) is 2.34. The highest BCUT2D eigenvalue weighted by Gasteiger charge is 2.08. The van der Waals surface area contributed by atoms with Gasteiger partial charge >= 0.3 is 0 Å². The van der Waals surface area contributed by atoms with Crippen molar-refractivity contribution < 1.29 is 0 Å². The lowest BCUT2D eigenvalue weighted by Crippen LogP contribution is -1.88. The third-order valence-corrected chi connectivity index (χ3v) is 3.04. The van der Waals surface area contributed by atoms with Crippen LogP contribution in [-0.2, 0) is 0 Å². The predicted molar refractivity (Wildman–Crippen MR) is 69.1 cm³/mol. The van der Waals surface area contributed by atoms with E-state index in [9.17, 15) is 0 Å². The fourth-order valence-corrected chi connectivity index (χ4v) is 2.10. The Morgan fingerprint density at radius 3 is 2.76 bits per heavy atom. The summed E-state index contributed by atoms with van der Waals surface area (Å²) >= 11 is 6.12. The molecule has 0 radical (unpaired) electrons. The van der Waals surface area contributed by atoms with E-state index in [0.717, 1.165) is 27.9 Å². The van der Waals surface area contributed by atoms with Crippen molar-refractivity contribution >= 4 is 22.5 Å². The normalized spacial score (nSPS) is 10.9. The van der Waals surface area contributed by atoms with E-state index in [0.29, 0.717) is 5.02 Å². The molecule has 0 aliphatic heterocycles. The highest BCUT2D eigenvalue weighted by molar-refractivity contribution is 6.35. The fraction of sp³-hybridized carbons (Fsp3) is 0.0769. The number of benzene rings is 1. The summed E-state index contributed by atoms with van der Waals surface area (Å²) in [5.41, 5.74) is 3.74. The van der Waals surface area contributed by atoms with E-state index in [2.05, 4.69) is 15.0 Å². The lowest BCUT2D eigenvalue weighted by atomic mass is 10.1. The Balaban J connectivity index is 2.27. The molecule has 1 aromatic carbocycles. The van der Waals surface area contributed by atoms with Crippen molar-refractivity contribution in [2.24, 2.45) is 0 Å². The molecular formula is C13H10ClN3. The number of aryl methyl sites for hydroxylation is 1. The molecule has 1 N–H and O–H groups in total. The van der Waals surface area contributed by atoms with Gasteiger partial charge in [-0.2, -0.15) is 0 Å². The van der Waals surface area contributed by atoms with Crippen LogP contribution < -0.4 is 0 Å². The van der Waals surface area contributed by atoms with Crippen LogP contribution in [0.15, 0.2) is 36.8 Å². The molecule has 2 aromatic heterocycles. The highest BCUT2D eigenvalue weighted by atomic mass is 35.5. The first kappa shape index (κ1) is 10.3. The number of hydrogen-bond donors (Lipinski definition) is 1. The molecule has 2 heterocycles. The zero-order valence-corrected chi connectivity index (χ0v) is 9.99. The van der Waals surface area contributed by atoms with Crippen molar-refractivity contribution in [3.05, 3.63) is 47.5 Å². The first-order chi connectivity index (χ1) is 8.25. The Labute approximate surface area is 103 Å². The van der Waals surface area contributed by atoms with Gasteiger partial charge in [-0.3, -0.25) is 9.97 Å². The largest absolute Gasteiger partial charge is 0.360 e. The summed E-state index contributed by atoms with van der Waals surface area (Å²) in [6, 6.07) is 5.84. The molecule has 0 aliphatic carbocycles. The summed E-state index contributed by atoms with van der Waals surface area (Å²) in [5.74, 6) is 0. The number of halogens is 1. The van der Waals surface area contributed by atoms with Crippen LogP contribution in [0.1, 0.15) is 5.69 Å². The maximum absolute atomic E-state index is 6.12. The van der Waals surface area contributed by atoms with Gasteiger partial charge in [-0.1, -0.05) is 17.7 Å². The van der Waals surface area contributed by atoms with E-state index in [1.807, 2.05) is 31.3 Å². The SMILES string of the molecule is Cc1cnc(-c2ccc(Cl)c3[nH]ccc23)cn1. The van der Waals surface area contributed by atoms with Crippen molar-refractivity contribution in [1.82, 2.24) is 15.0 Å². The highest BCUT2D eigenvalue weighted by Crippen LogP contribution is 2.30. The Bertz CT molecular complexity index is 671. The molecule has 0 unspecified atom stereocenters. The lowest BCUT2D eigenvalue weighted by molar-refractivity contribution is 1.12. The van der Waals surface area contributed by atoms with Crippen LogP contribution in [0.5, 0.6) is 0 Å². The van der Waals surface area contributed by atoms with Crippen LogP contribution in [-0.4, -0.2) is 15.0 Å². The fourth-order valence-electron chi connectivity index (χ4n) is 1.88. The van der Waals surface area contributed by atoms with Gasteiger partial charge in [-0.05, 0) is 19.1 Å². The van der Waals surface area contributed by atoms with Crippen molar-refractivity contribution in [3.63, 3.8) is 0 Å². The summed E-state index contributed by atoms with van der Waals surface area (Å²) in [6.07, 6.45) is 5.43. The molecule has 3 nitrogen and oxygen atoms in total. The molecule has 3 aromatic rings. The van der Waals surface area contributed by atoms with Crippen LogP contribution in [0.4, 0.5) is 0 Å². The molecule has 0 saturated carbocycles. The predicted octanol–water partition coefficient (Wildman–Crippen LogP) is 3.59. The summed E-state index contributed by atoms with van der Waals surface area (Å²) in [7, 11) is 0. The monoisotopic (exact) mass is 243 g/mol. The number of aromatic amines is 1. The van der Waals surface area contributed by atoms with E-state index in [4.69, 9.17) is 11.6 Å². The first-order valence-electron chi connectivity index (χ1n) is 5.30. The molecular weight excluding hydrogens is 234 g/mol. The second kappa shape index (κ2) is 3.86. The smallest absolute Gasteiger partial charge is 0.0892 e. The van der Waals surface area contributed by atoms with E-state index >= 15 is 0 Å². The van der Waals surface area contributed by atoms with E-state index in [1.165, 1.54) is 0 Å². The summed E-state index contributed by atoms with van der Waals surface area (Å²) in [6.45, 7) is 1.92. The second-order valence-corrected chi connectivity index (χ2v) is 4.31. The van der Waals surface area contributed by atoms with Crippen LogP contribution in [0.3, 0.4) is 0 Å². The Hall–Kier alpha value is -1.87. The molecule has 0 bridgehead atoms. The number of fused-ring (bicyclic) bond motifs is 1. The minimum atomic E-state index is 0.717. The van der Waals surface area contributed by atoms with Crippen LogP contribution in [0, 0.1) is 6.92 Å². The van der Waals surface area contributed by atoms with Crippen LogP contribution >= 0.6 is 11.6 Å². The third-order valence-electron chi connectivity index (χ3n) is 2.73. The van der Waals surface area contributed by atoms with Gasteiger partial charge < -0.3 is 4.98 Å². The first-order valence-corrected chi connectivity index (χ1v) is 5.68. The Morgan fingerprint density at radius 2 is 2.00 bits per heavy atom. The zero-order chi connectivity index (χ0) is 11.8. The van der Waals surface area contributed by atoms with Gasteiger partial charge in [-0.25, -0.2) is 0 Å². The zero-order valence-electron chi connectivity index (χ0n) is 9.24. The minimum Gasteiger partial charge on any atom is -0.360 e. The van der Waals surface area contributed by atoms with Crippen LogP contribution in [0.2, 0.25) is 5.02 Å². The molecule has 0 aliphatic rings.